The number of hydrogen-bond donors (Lipinski definition) is 0. The van der Waals surface area contributed by atoms with Crippen LogP contribution in [0.2, 0.25) is 0 Å². The molecule has 3 amide bonds. The summed E-state index contributed by atoms with van der Waals surface area (Å²) in [5.41, 5.74) is 0.918. The number of guanidine groups is 1. The summed E-state index contributed by atoms with van der Waals surface area (Å²) in [5.74, 6) is 0.861. The molecule has 1 atom stereocenters. The minimum Gasteiger partial charge on any atom is -0.270 e. The standard InChI is InChI=1S/C15H21N6O2/c1-5-7-19-13(22)11-12(18(4)15(19)23)16-14-20(11)9-10(3)17-21(14)8-6-2/h5,11H,1,6-9H2,2-4H3/q+1. The van der Waals surface area contributed by atoms with E-state index in [2.05, 4.69) is 23.6 Å². The molecule has 8 heteroatoms. The molecule has 3 aliphatic heterocycles. The molecule has 122 valence electrons. The highest BCUT2D eigenvalue weighted by molar-refractivity contribution is 6.23. The minimum atomic E-state index is -0.572. The van der Waals surface area contributed by atoms with Crippen molar-refractivity contribution in [3.05, 3.63) is 12.7 Å². The Morgan fingerprint density at radius 1 is 1.43 bits per heavy atom. The molecule has 0 saturated carbocycles. The van der Waals surface area contributed by atoms with E-state index in [9.17, 15) is 9.59 Å². The van der Waals surface area contributed by atoms with Crippen LogP contribution in [0, 0.1) is 0 Å². The van der Waals surface area contributed by atoms with E-state index in [1.807, 2.05) is 16.5 Å². The molecule has 3 heterocycles. The van der Waals surface area contributed by atoms with E-state index >= 15 is 0 Å². The van der Waals surface area contributed by atoms with Gasteiger partial charge in [-0.05, 0) is 13.3 Å². The van der Waals surface area contributed by atoms with E-state index in [0.717, 1.165) is 18.7 Å². The number of hydrazone groups is 1. The number of fused-ring (bicyclic) bond motifs is 2. The van der Waals surface area contributed by atoms with Gasteiger partial charge in [-0.15, -0.1) is 16.7 Å². The molecule has 0 radical (unpaired) electrons. The number of carbonyl (C=O) groups is 2. The van der Waals surface area contributed by atoms with Gasteiger partial charge < -0.3 is 0 Å². The first-order valence-corrected chi connectivity index (χ1v) is 7.73. The van der Waals surface area contributed by atoms with Crippen molar-refractivity contribution in [2.75, 3.05) is 26.7 Å². The van der Waals surface area contributed by atoms with Crippen molar-refractivity contribution in [3.8, 4) is 0 Å². The summed E-state index contributed by atoms with van der Waals surface area (Å²) < 4.78 is 1.93. The van der Waals surface area contributed by atoms with E-state index in [4.69, 9.17) is 0 Å². The van der Waals surface area contributed by atoms with E-state index in [1.165, 1.54) is 9.80 Å². The molecule has 0 aromatic carbocycles. The summed E-state index contributed by atoms with van der Waals surface area (Å²) in [5, 5.41) is 6.33. The summed E-state index contributed by atoms with van der Waals surface area (Å²) in [6, 6.07) is -0.942. The summed E-state index contributed by atoms with van der Waals surface area (Å²) in [6.07, 6.45) is 2.46. The predicted molar refractivity (Wildman–Crippen MR) is 86.5 cm³/mol. The number of amides is 3. The Morgan fingerprint density at radius 3 is 2.83 bits per heavy atom. The number of hydrogen-bond acceptors (Lipinski definition) is 5. The zero-order valence-electron chi connectivity index (χ0n) is 13.7. The number of imide groups is 1. The second-order valence-corrected chi connectivity index (χ2v) is 5.84. The van der Waals surface area contributed by atoms with Crippen LogP contribution in [-0.2, 0) is 4.79 Å². The fourth-order valence-electron chi connectivity index (χ4n) is 3.06. The van der Waals surface area contributed by atoms with Crippen LogP contribution in [0.15, 0.2) is 22.7 Å². The molecular formula is C15H21N6O2+. The second kappa shape index (κ2) is 5.60. The van der Waals surface area contributed by atoms with Crippen molar-refractivity contribution in [3.63, 3.8) is 0 Å². The van der Waals surface area contributed by atoms with Crippen LogP contribution in [0.3, 0.4) is 0 Å². The topological polar surface area (TPSA) is 71.6 Å². The normalized spacial score (nSPS) is 23.8. The van der Waals surface area contributed by atoms with Gasteiger partial charge in [-0.1, -0.05) is 18.0 Å². The number of nitrogens with zero attached hydrogens (tertiary/aromatic N) is 6. The second-order valence-electron chi connectivity index (χ2n) is 5.84. The van der Waals surface area contributed by atoms with Crippen molar-refractivity contribution >= 4 is 29.4 Å². The number of aliphatic imine (C=N–C) groups is 1. The largest absolute Gasteiger partial charge is 0.416 e. The Hall–Kier alpha value is -2.51. The molecule has 0 aromatic heterocycles. The summed E-state index contributed by atoms with van der Waals surface area (Å²) >= 11 is 0. The van der Waals surface area contributed by atoms with Crippen molar-refractivity contribution in [2.24, 2.45) is 10.1 Å². The number of rotatable bonds is 4. The average Bonchev–Trinajstić information content (AvgIpc) is 2.89. The van der Waals surface area contributed by atoms with Gasteiger partial charge in [-0.3, -0.25) is 14.6 Å². The van der Waals surface area contributed by atoms with Gasteiger partial charge in [0.2, 0.25) is 11.9 Å². The summed E-state index contributed by atoms with van der Waals surface area (Å²) in [6.45, 7) is 9.06. The van der Waals surface area contributed by atoms with Gasteiger partial charge in [-0.2, -0.15) is 0 Å². The van der Waals surface area contributed by atoms with E-state index in [0.29, 0.717) is 18.3 Å². The van der Waals surface area contributed by atoms with Gasteiger partial charge >= 0.3 is 12.0 Å². The van der Waals surface area contributed by atoms with E-state index in [-0.39, 0.29) is 18.5 Å². The zero-order chi connectivity index (χ0) is 16.7. The molecule has 1 saturated heterocycles. The average molecular weight is 317 g/mol. The third-order valence-electron chi connectivity index (χ3n) is 4.06. The third kappa shape index (κ3) is 2.25. The highest BCUT2D eigenvalue weighted by Crippen LogP contribution is 2.22. The first-order valence-electron chi connectivity index (χ1n) is 7.73. The molecule has 0 N–H and O–H groups in total. The number of amidine groups is 1. The Morgan fingerprint density at radius 2 is 2.17 bits per heavy atom. The molecule has 0 aliphatic carbocycles. The number of urea groups is 1. The van der Waals surface area contributed by atoms with Crippen LogP contribution >= 0.6 is 0 Å². The maximum atomic E-state index is 12.8. The quantitative estimate of drug-likeness (QED) is 0.554. The Balaban J connectivity index is 2.02. The van der Waals surface area contributed by atoms with Gasteiger partial charge in [0.05, 0.1) is 12.3 Å². The summed E-state index contributed by atoms with van der Waals surface area (Å²) in [4.78, 5) is 32.4. The first kappa shape index (κ1) is 15.4. The smallest absolute Gasteiger partial charge is 0.270 e. The number of likely N-dealkylation sites (N-methyl/N-ethyl adjacent to an activating group) is 1. The Kier molecular flexibility index (Phi) is 3.75. The van der Waals surface area contributed by atoms with Crippen LogP contribution in [-0.4, -0.2) is 81.6 Å². The fraction of sp³-hybridized carbons (Fsp3) is 0.533. The van der Waals surface area contributed by atoms with Crippen molar-refractivity contribution in [1.82, 2.24) is 14.8 Å². The lowest BCUT2D eigenvalue weighted by Gasteiger charge is -2.33. The van der Waals surface area contributed by atoms with Gasteiger partial charge in [0.25, 0.3) is 5.91 Å². The fourth-order valence-corrected chi connectivity index (χ4v) is 3.06. The van der Waals surface area contributed by atoms with Crippen LogP contribution < -0.4 is 0 Å². The van der Waals surface area contributed by atoms with E-state index < -0.39 is 6.04 Å². The van der Waals surface area contributed by atoms with Crippen LogP contribution in [0.25, 0.3) is 0 Å². The lowest BCUT2D eigenvalue weighted by atomic mass is 10.1. The molecule has 0 aromatic rings. The summed E-state index contributed by atoms with van der Waals surface area (Å²) in [7, 11) is 1.65. The maximum Gasteiger partial charge on any atom is 0.416 e. The van der Waals surface area contributed by atoms with Crippen LogP contribution in [0.5, 0.6) is 0 Å². The Labute approximate surface area is 135 Å². The molecule has 0 spiro atoms. The number of carbonyl (C=O) groups excluding carboxylic acids is 2. The molecule has 3 aliphatic rings. The lowest BCUT2D eigenvalue weighted by molar-refractivity contribution is -0.527. The molecule has 8 nitrogen and oxygen atoms in total. The van der Waals surface area contributed by atoms with Crippen molar-refractivity contribution in [1.29, 1.82) is 0 Å². The minimum absolute atomic E-state index is 0.195. The van der Waals surface area contributed by atoms with Gasteiger partial charge in [0.15, 0.2) is 0 Å². The van der Waals surface area contributed by atoms with Gasteiger partial charge in [-0.25, -0.2) is 9.37 Å². The van der Waals surface area contributed by atoms with Crippen molar-refractivity contribution in [2.45, 2.75) is 26.3 Å². The zero-order valence-corrected chi connectivity index (χ0v) is 13.7. The van der Waals surface area contributed by atoms with Crippen molar-refractivity contribution < 1.29 is 14.2 Å². The van der Waals surface area contributed by atoms with Crippen LogP contribution in [0.1, 0.15) is 20.3 Å². The SMILES string of the molecule is C=CCN1C(=O)C2C(=NC3=[N+]2CC(C)=NN3CCC)N(C)C1=O. The maximum absolute atomic E-state index is 12.8. The third-order valence-corrected chi connectivity index (χ3v) is 4.06. The highest BCUT2D eigenvalue weighted by atomic mass is 16.2. The van der Waals surface area contributed by atoms with Gasteiger partial charge in [0.1, 0.15) is 6.54 Å². The van der Waals surface area contributed by atoms with Gasteiger partial charge in [0, 0.05) is 13.6 Å². The molecule has 3 rings (SSSR count). The molecule has 23 heavy (non-hydrogen) atoms. The van der Waals surface area contributed by atoms with Crippen LogP contribution in [0.4, 0.5) is 4.79 Å². The Bertz CT molecular complexity index is 677. The molecule has 1 fully saturated rings. The molecular weight excluding hydrogens is 296 g/mol. The van der Waals surface area contributed by atoms with E-state index in [1.54, 1.807) is 13.1 Å². The first-order chi connectivity index (χ1) is 11.0. The predicted octanol–water partition coefficient (Wildman–Crippen LogP) is 0.317. The lowest BCUT2D eigenvalue weighted by Crippen LogP contribution is -2.63. The highest BCUT2D eigenvalue weighted by Gasteiger charge is 2.54. The molecule has 1 unspecified atom stereocenters. The monoisotopic (exact) mass is 317 g/mol. The molecule has 0 bridgehead atoms.